The molecule has 0 amide bonds. The van der Waals surface area contributed by atoms with Crippen molar-refractivity contribution in [3.05, 3.63) is 30.1 Å². The van der Waals surface area contributed by atoms with E-state index in [4.69, 9.17) is 14.6 Å². The minimum absolute atomic E-state index is 0.105. The minimum atomic E-state index is -5.08. The number of carboxylic acids is 1. The number of piperidine rings is 1. The molecule has 1 N–H and O–H groups in total. The Kier molecular flexibility index (Phi) is 8.20. The zero-order valence-corrected chi connectivity index (χ0v) is 17.5. The van der Waals surface area contributed by atoms with Crippen molar-refractivity contribution in [1.29, 1.82) is 0 Å². The molecule has 2 aliphatic rings. The van der Waals surface area contributed by atoms with Gasteiger partial charge in [0.05, 0.1) is 25.2 Å². The van der Waals surface area contributed by atoms with Crippen LogP contribution in [0.2, 0.25) is 0 Å². The molecule has 8 nitrogen and oxygen atoms in total. The highest BCUT2D eigenvalue weighted by molar-refractivity contribution is 7.88. The molecular weight excluding hydrogens is 427 g/mol. The second-order valence-electron chi connectivity index (χ2n) is 7.59. The summed E-state index contributed by atoms with van der Waals surface area (Å²) in [7, 11) is -3.14. The van der Waals surface area contributed by atoms with Gasteiger partial charge in [0.2, 0.25) is 10.0 Å². The Hall–Kier alpha value is -1.76. The van der Waals surface area contributed by atoms with Crippen LogP contribution in [-0.2, 0) is 26.1 Å². The van der Waals surface area contributed by atoms with Gasteiger partial charge < -0.3 is 9.84 Å². The summed E-state index contributed by atoms with van der Waals surface area (Å²) in [6, 6.07) is 5.95. The van der Waals surface area contributed by atoms with Crippen LogP contribution >= 0.6 is 0 Å². The zero-order valence-electron chi connectivity index (χ0n) is 16.6. The molecule has 1 aromatic rings. The Balaban J connectivity index is 0.000000396. The average Bonchev–Trinajstić information content (AvgIpc) is 2.83. The number of halogens is 3. The van der Waals surface area contributed by atoms with Gasteiger partial charge in [0.25, 0.3) is 0 Å². The summed E-state index contributed by atoms with van der Waals surface area (Å²) in [6.07, 6.45) is -0.0632. The number of aromatic nitrogens is 1. The number of nitrogens with zero attached hydrogens (tertiary/aromatic N) is 3. The molecule has 0 radical (unpaired) electrons. The molecule has 2 saturated heterocycles. The molecule has 12 heteroatoms. The van der Waals surface area contributed by atoms with Crippen molar-refractivity contribution in [3.8, 4) is 0 Å². The van der Waals surface area contributed by atoms with Gasteiger partial charge in [-0.15, -0.1) is 0 Å². The minimum Gasteiger partial charge on any atom is -0.475 e. The Morgan fingerprint density at radius 3 is 2.57 bits per heavy atom. The van der Waals surface area contributed by atoms with Crippen molar-refractivity contribution in [2.75, 3.05) is 45.6 Å². The van der Waals surface area contributed by atoms with Gasteiger partial charge in [-0.3, -0.25) is 9.88 Å². The number of pyridine rings is 1. The third kappa shape index (κ3) is 7.49. The zero-order chi connectivity index (χ0) is 22.4. The summed E-state index contributed by atoms with van der Waals surface area (Å²) in [5.41, 5.74) is 0.937. The summed E-state index contributed by atoms with van der Waals surface area (Å²) in [4.78, 5) is 15.6. The van der Waals surface area contributed by atoms with Crippen LogP contribution in [0.5, 0.6) is 0 Å². The lowest BCUT2D eigenvalue weighted by molar-refractivity contribution is -0.192. The monoisotopic (exact) mass is 453 g/mol. The van der Waals surface area contributed by atoms with E-state index in [9.17, 15) is 21.6 Å². The number of ether oxygens (including phenoxy) is 1. The first-order valence-electron chi connectivity index (χ1n) is 9.37. The fourth-order valence-corrected chi connectivity index (χ4v) is 4.60. The van der Waals surface area contributed by atoms with E-state index in [0.717, 1.165) is 38.2 Å². The maximum Gasteiger partial charge on any atom is 0.490 e. The molecule has 30 heavy (non-hydrogen) atoms. The van der Waals surface area contributed by atoms with Crippen molar-refractivity contribution < 1.29 is 36.2 Å². The van der Waals surface area contributed by atoms with Crippen molar-refractivity contribution in [2.45, 2.75) is 25.6 Å². The van der Waals surface area contributed by atoms with Crippen molar-refractivity contribution >= 4 is 16.0 Å². The van der Waals surface area contributed by atoms with Gasteiger partial charge in [0.15, 0.2) is 0 Å². The van der Waals surface area contributed by atoms with Crippen LogP contribution in [0.3, 0.4) is 0 Å². The fraction of sp³-hybridized carbons (Fsp3) is 0.667. The van der Waals surface area contributed by atoms with Crippen LogP contribution in [0.25, 0.3) is 0 Å². The van der Waals surface area contributed by atoms with Gasteiger partial charge in [-0.2, -0.15) is 13.2 Å². The Labute approximate surface area is 173 Å². The van der Waals surface area contributed by atoms with E-state index in [1.54, 1.807) is 4.31 Å². The van der Waals surface area contributed by atoms with E-state index in [1.807, 2.05) is 24.4 Å². The quantitative estimate of drug-likeness (QED) is 0.742. The predicted molar refractivity (Wildman–Crippen MR) is 102 cm³/mol. The van der Waals surface area contributed by atoms with E-state index < -0.39 is 22.2 Å². The molecule has 2 fully saturated rings. The first-order valence-corrected chi connectivity index (χ1v) is 11.2. The second-order valence-corrected chi connectivity index (χ2v) is 9.57. The summed E-state index contributed by atoms with van der Waals surface area (Å²) < 4.78 is 63.0. The molecule has 1 spiro atoms. The summed E-state index contributed by atoms with van der Waals surface area (Å²) in [6.45, 7) is 5.01. The van der Waals surface area contributed by atoms with Crippen LogP contribution in [0, 0.1) is 5.41 Å². The highest BCUT2D eigenvalue weighted by atomic mass is 32.2. The van der Waals surface area contributed by atoms with Crippen LogP contribution < -0.4 is 0 Å². The van der Waals surface area contributed by atoms with Gasteiger partial charge >= 0.3 is 12.1 Å². The maximum absolute atomic E-state index is 11.9. The average molecular weight is 453 g/mol. The molecule has 1 aromatic heterocycles. The fourth-order valence-electron chi connectivity index (χ4n) is 3.63. The normalized spacial score (nSPS) is 24.0. The topological polar surface area (TPSA) is 100 Å². The van der Waals surface area contributed by atoms with Crippen LogP contribution in [0.15, 0.2) is 24.4 Å². The number of sulfonamides is 1. The first-order chi connectivity index (χ1) is 13.9. The molecule has 0 aliphatic carbocycles. The second kappa shape index (κ2) is 10.0. The highest BCUT2D eigenvalue weighted by Crippen LogP contribution is 2.34. The third-order valence-corrected chi connectivity index (χ3v) is 6.22. The number of rotatable bonds is 3. The Bertz CT molecular complexity index is 807. The van der Waals surface area contributed by atoms with Crippen molar-refractivity contribution in [2.24, 2.45) is 5.41 Å². The third-order valence-electron chi connectivity index (χ3n) is 4.97. The summed E-state index contributed by atoms with van der Waals surface area (Å²) in [5, 5.41) is 7.12. The first kappa shape index (κ1) is 24.5. The Morgan fingerprint density at radius 1 is 1.30 bits per heavy atom. The molecule has 1 atom stereocenters. The molecule has 0 aromatic carbocycles. The number of carboxylic acid groups (broad SMARTS) is 1. The standard InChI is InChI=1S/C16H25N3O3S.C2HF3O2/c1-23(20,21)19-8-4-6-16(13-19)12-18(9-10-22-14-16)11-15-5-2-3-7-17-15;3-2(4,5)1(6)7/h2-3,5,7H,4,6,8-14H2,1H3;(H,6,7). The molecule has 0 bridgehead atoms. The molecular formula is C18H26F3N3O5S. The number of aliphatic carboxylic acids is 1. The van der Waals surface area contributed by atoms with Gasteiger partial charge in [-0.25, -0.2) is 17.5 Å². The van der Waals surface area contributed by atoms with E-state index in [1.165, 1.54) is 6.26 Å². The predicted octanol–water partition coefficient (Wildman–Crippen LogP) is 1.59. The summed E-state index contributed by atoms with van der Waals surface area (Å²) in [5.74, 6) is -2.76. The lowest BCUT2D eigenvalue weighted by Gasteiger charge is -2.42. The van der Waals surface area contributed by atoms with Crippen molar-refractivity contribution in [1.82, 2.24) is 14.2 Å². The largest absolute Gasteiger partial charge is 0.490 e. The molecule has 2 aliphatic heterocycles. The van der Waals surface area contributed by atoms with Gasteiger partial charge in [-0.1, -0.05) is 6.07 Å². The lowest BCUT2D eigenvalue weighted by atomic mass is 9.81. The van der Waals surface area contributed by atoms with E-state index >= 15 is 0 Å². The van der Waals surface area contributed by atoms with E-state index in [-0.39, 0.29) is 5.41 Å². The molecule has 3 rings (SSSR count). The number of alkyl halides is 3. The van der Waals surface area contributed by atoms with Crippen LogP contribution in [0.4, 0.5) is 13.2 Å². The molecule has 3 heterocycles. The van der Waals surface area contributed by atoms with E-state index in [2.05, 4.69) is 9.88 Å². The van der Waals surface area contributed by atoms with Gasteiger partial charge in [0.1, 0.15) is 0 Å². The smallest absolute Gasteiger partial charge is 0.475 e. The molecule has 0 saturated carbocycles. The maximum atomic E-state index is 11.9. The van der Waals surface area contributed by atoms with Crippen LogP contribution in [-0.4, -0.2) is 85.5 Å². The molecule has 1 unspecified atom stereocenters. The summed E-state index contributed by atoms with van der Waals surface area (Å²) >= 11 is 0. The van der Waals surface area contributed by atoms with E-state index in [0.29, 0.717) is 26.3 Å². The highest BCUT2D eigenvalue weighted by Gasteiger charge is 2.41. The van der Waals surface area contributed by atoms with Gasteiger partial charge in [-0.05, 0) is 25.0 Å². The van der Waals surface area contributed by atoms with Gasteiger partial charge in [0, 0.05) is 44.3 Å². The Morgan fingerprint density at radius 2 is 2.00 bits per heavy atom. The molecule has 170 valence electrons. The SMILES string of the molecule is CS(=O)(=O)N1CCCC2(COCCN(Cc3ccccn3)C2)C1.O=C(O)C(F)(F)F. The van der Waals surface area contributed by atoms with Crippen LogP contribution in [0.1, 0.15) is 18.5 Å². The van der Waals surface area contributed by atoms with Crippen molar-refractivity contribution in [3.63, 3.8) is 0 Å². The lowest BCUT2D eigenvalue weighted by Crippen LogP contribution is -2.51. The number of hydrogen-bond donors (Lipinski definition) is 1. The number of hydrogen-bond acceptors (Lipinski definition) is 6. The number of carbonyl (C=O) groups is 1.